The van der Waals surface area contributed by atoms with Crippen molar-refractivity contribution in [2.45, 2.75) is 12.3 Å². The fourth-order valence-electron chi connectivity index (χ4n) is 1.61. The molecule has 0 bridgehead atoms. The van der Waals surface area contributed by atoms with E-state index in [1.165, 1.54) is 0 Å². The number of aromatic amines is 1. The van der Waals surface area contributed by atoms with Gasteiger partial charge >= 0.3 is 5.97 Å². The first kappa shape index (κ1) is 10.4. The average molecular weight is 217 g/mol. The van der Waals surface area contributed by atoms with Gasteiger partial charge in [0.1, 0.15) is 0 Å². The predicted molar refractivity (Wildman–Crippen MR) is 56.9 cm³/mol. The van der Waals surface area contributed by atoms with E-state index in [1.54, 1.807) is 24.5 Å². The van der Waals surface area contributed by atoms with Crippen molar-refractivity contribution in [1.82, 2.24) is 15.2 Å². The number of nitrogens with one attached hydrogen (secondary N) is 1. The molecule has 82 valence electrons. The maximum atomic E-state index is 10.8. The van der Waals surface area contributed by atoms with Crippen LogP contribution in [0.1, 0.15) is 23.7 Å². The van der Waals surface area contributed by atoms with Crippen LogP contribution in [-0.2, 0) is 4.79 Å². The summed E-state index contributed by atoms with van der Waals surface area (Å²) in [7, 11) is 0. The summed E-state index contributed by atoms with van der Waals surface area (Å²) < 4.78 is 0. The Bertz CT molecular complexity index is 453. The average Bonchev–Trinajstić information content (AvgIpc) is 2.80. The highest BCUT2D eigenvalue weighted by Gasteiger charge is 2.19. The quantitative estimate of drug-likeness (QED) is 0.811. The van der Waals surface area contributed by atoms with E-state index in [2.05, 4.69) is 15.2 Å². The Hall–Kier alpha value is -2.17. The molecule has 0 saturated heterocycles. The highest BCUT2D eigenvalue weighted by atomic mass is 16.4. The first-order chi connectivity index (χ1) is 7.77. The standard InChI is InChI=1S/C11H11N3O2/c15-11(16)7-8(9-3-1-5-12-9)10-4-2-6-13-14-10/h1-6,8,12H,7H2,(H,15,16). The van der Waals surface area contributed by atoms with Gasteiger partial charge in [0.2, 0.25) is 0 Å². The molecule has 0 aliphatic rings. The molecular weight excluding hydrogens is 206 g/mol. The minimum Gasteiger partial charge on any atom is -0.481 e. The second-order valence-electron chi connectivity index (χ2n) is 3.42. The van der Waals surface area contributed by atoms with Crippen LogP contribution in [0.2, 0.25) is 0 Å². The van der Waals surface area contributed by atoms with E-state index in [4.69, 9.17) is 5.11 Å². The van der Waals surface area contributed by atoms with Crippen LogP contribution in [0, 0.1) is 0 Å². The van der Waals surface area contributed by atoms with E-state index in [1.807, 2.05) is 12.1 Å². The lowest BCUT2D eigenvalue weighted by atomic mass is 9.97. The molecule has 2 aromatic rings. The third-order valence-electron chi connectivity index (χ3n) is 2.33. The first-order valence-electron chi connectivity index (χ1n) is 4.90. The third kappa shape index (κ3) is 2.25. The van der Waals surface area contributed by atoms with Crippen molar-refractivity contribution in [2.75, 3.05) is 0 Å². The van der Waals surface area contributed by atoms with Crippen molar-refractivity contribution >= 4 is 5.97 Å². The highest BCUT2D eigenvalue weighted by molar-refractivity contribution is 5.68. The topological polar surface area (TPSA) is 78.9 Å². The van der Waals surface area contributed by atoms with Gasteiger partial charge in [-0.2, -0.15) is 10.2 Å². The highest BCUT2D eigenvalue weighted by Crippen LogP contribution is 2.24. The molecular formula is C11H11N3O2. The summed E-state index contributed by atoms with van der Waals surface area (Å²) in [5, 5.41) is 16.6. The molecule has 0 amide bonds. The number of carbonyl (C=O) groups is 1. The lowest BCUT2D eigenvalue weighted by molar-refractivity contribution is -0.137. The molecule has 0 aliphatic carbocycles. The summed E-state index contributed by atoms with van der Waals surface area (Å²) >= 11 is 0. The first-order valence-corrected chi connectivity index (χ1v) is 4.90. The maximum Gasteiger partial charge on any atom is 0.304 e. The number of hydrogen-bond donors (Lipinski definition) is 2. The number of nitrogens with zero attached hydrogens (tertiary/aromatic N) is 2. The van der Waals surface area contributed by atoms with Gasteiger partial charge in [-0.3, -0.25) is 4.79 Å². The molecule has 0 aliphatic heterocycles. The molecule has 5 nitrogen and oxygen atoms in total. The third-order valence-corrected chi connectivity index (χ3v) is 2.33. The molecule has 1 atom stereocenters. The lowest BCUT2D eigenvalue weighted by Crippen LogP contribution is -2.10. The summed E-state index contributed by atoms with van der Waals surface area (Å²) in [6.07, 6.45) is 3.33. The Labute approximate surface area is 92.2 Å². The number of carboxylic acid groups (broad SMARTS) is 1. The van der Waals surface area contributed by atoms with E-state index in [0.29, 0.717) is 5.69 Å². The largest absolute Gasteiger partial charge is 0.481 e. The van der Waals surface area contributed by atoms with E-state index in [0.717, 1.165) is 5.69 Å². The summed E-state index contributed by atoms with van der Waals surface area (Å²) in [4.78, 5) is 13.8. The smallest absolute Gasteiger partial charge is 0.304 e. The molecule has 0 spiro atoms. The normalized spacial score (nSPS) is 12.2. The van der Waals surface area contributed by atoms with Gasteiger partial charge in [0.15, 0.2) is 0 Å². The number of hydrogen-bond acceptors (Lipinski definition) is 3. The van der Waals surface area contributed by atoms with Crippen molar-refractivity contribution in [2.24, 2.45) is 0 Å². The Balaban J connectivity index is 2.32. The number of rotatable bonds is 4. The number of carboxylic acids is 1. The summed E-state index contributed by atoms with van der Waals surface area (Å²) in [6.45, 7) is 0. The second-order valence-corrected chi connectivity index (χ2v) is 3.42. The minimum absolute atomic E-state index is 0.000787. The zero-order valence-electron chi connectivity index (χ0n) is 8.50. The summed E-state index contributed by atoms with van der Waals surface area (Å²) in [6, 6.07) is 7.21. The van der Waals surface area contributed by atoms with Crippen molar-refractivity contribution < 1.29 is 9.90 Å². The van der Waals surface area contributed by atoms with Crippen molar-refractivity contribution in [1.29, 1.82) is 0 Å². The second kappa shape index (κ2) is 4.57. The van der Waals surface area contributed by atoms with Crippen LogP contribution in [0.3, 0.4) is 0 Å². The van der Waals surface area contributed by atoms with Gasteiger partial charge in [0, 0.05) is 18.1 Å². The van der Waals surface area contributed by atoms with Crippen LogP contribution < -0.4 is 0 Å². The summed E-state index contributed by atoms with van der Waals surface area (Å²) in [5.41, 5.74) is 1.50. The summed E-state index contributed by atoms with van der Waals surface area (Å²) in [5.74, 6) is -1.13. The van der Waals surface area contributed by atoms with Gasteiger partial charge < -0.3 is 10.1 Å². The van der Waals surface area contributed by atoms with Crippen LogP contribution in [0.25, 0.3) is 0 Å². The Morgan fingerprint density at radius 2 is 2.31 bits per heavy atom. The van der Waals surface area contributed by atoms with E-state index in [9.17, 15) is 4.79 Å². The molecule has 2 heterocycles. The zero-order chi connectivity index (χ0) is 11.4. The molecule has 0 fully saturated rings. The Kier molecular flexibility index (Phi) is 2.95. The number of H-pyrrole nitrogens is 1. The van der Waals surface area contributed by atoms with Crippen LogP contribution in [-0.4, -0.2) is 26.3 Å². The lowest BCUT2D eigenvalue weighted by Gasteiger charge is -2.11. The molecule has 1 unspecified atom stereocenters. The maximum absolute atomic E-state index is 10.8. The number of aromatic nitrogens is 3. The Morgan fingerprint density at radius 1 is 1.44 bits per heavy atom. The van der Waals surface area contributed by atoms with E-state index < -0.39 is 5.97 Å². The van der Waals surface area contributed by atoms with Gasteiger partial charge in [-0.05, 0) is 24.3 Å². The molecule has 0 saturated carbocycles. The SMILES string of the molecule is O=C(O)CC(c1cccnn1)c1ccc[nH]1. The molecule has 5 heteroatoms. The Morgan fingerprint density at radius 3 is 2.88 bits per heavy atom. The van der Waals surface area contributed by atoms with Gasteiger partial charge in [0.05, 0.1) is 18.0 Å². The van der Waals surface area contributed by atoms with E-state index >= 15 is 0 Å². The molecule has 16 heavy (non-hydrogen) atoms. The van der Waals surface area contributed by atoms with Crippen LogP contribution in [0.4, 0.5) is 0 Å². The van der Waals surface area contributed by atoms with Crippen molar-refractivity contribution in [3.63, 3.8) is 0 Å². The molecule has 2 N–H and O–H groups in total. The predicted octanol–water partition coefficient (Wildman–Crippen LogP) is 1.41. The van der Waals surface area contributed by atoms with Crippen molar-refractivity contribution in [3.8, 4) is 0 Å². The van der Waals surface area contributed by atoms with Crippen LogP contribution in [0.15, 0.2) is 36.7 Å². The van der Waals surface area contributed by atoms with Crippen LogP contribution in [0.5, 0.6) is 0 Å². The molecule has 2 rings (SSSR count). The molecule has 2 aromatic heterocycles. The van der Waals surface area contributed by atoms with Gasteiger partial charge in [0.25, 0.3) is 0 Å². The van der Waals surface area contributed by atoms with E-state index in [-0.39, 0.29) is 12.3 Å². The monoisotopic (exact) mass is 217 g/mol. The van der Waals surface area contributed by atoms with Crippen molar-refractivity contribution in [3.05, 3.63) is 48.0 Å². The molecule has 0 radical (unpaired) electrons. The fourth-order valence-corrected chi connectivity index (χ4v) is 1.61. The van der Waals surface area contributed by atoms with Gasteiger partial charge in [-0.25, -0.2) is 0 Å². The zero-order valence-corrected chi connectivity index (χ0v) is 8.50. The van der Waals surface area contributed by atoms with Gasteiger partial charge in [-0.1, -0.05) is 0 Å². The fraction of sp³-hybridized carbons (Fsp3) is 0.182. The number of aliphatic carboxylic acids is 1. The van der Waals surface area contributed by atoms with Crippen LogP contribution >= 0.6 is 0 Å². The molecule has 0 aromatic carbocycles. The van der Waals surface area contributed by atoms with Gasteiger partial charge in [-0.15, -0.1) is 0 Å². The minimum atomic E-state index is -0.856.